The monoisotopic (exact) mass is 224 g/mol. The first-order valence-corrected chi connectivity index (χ1v) is 6.16. The molecule has 16 heavy (non-hydrogen) atoms. The van der Waals surface area contributed by atoms with Gasteiger partial charge in [-0.15, -0.1) is 0 Å². The first-order chi connectivity index (χ1) is 7.49. The van der Waals surface area contributed by atoms with E-state index in [2.05, 4.69) is 19.2 Å². The van der Waals surface area contributed by atoms with Crippen LogP contribution in [-0.2, 0) is 4.79 Å². The lowest BCUT2D eigenvalue weighted by atomic mass is 9.96. The summed E-state index contributed by atoms with van der Waals surface area (Å²) in [5, 5.41) is 11.7. The Balaban J connectivity index is 3.69. The summed E-state index contributed by atoms with van der Waals surface area (Å²) in [6.07, 6.45) is 3.33. The molecule has 1 amide bonds. The molecule has 0 aliphatic carbocycles. The van der Waals surface area contributed by atoms with Crippen LogP contribution in [0.4, 0.5) is 0 Å². The zero-order valence-electron chi connectivity index (χ0n) is 10.9. The summed E-state index contributed by atoms with van der Waals surface area (Å²) in [6.45, 7) is 8.88. The second-order valence-corrected chi connectivity index (χ2v) is 5.03. The maximum Gasteiger partial charge on any atom is 0.237 e. The lowest BCUT2D eigenvalue weighted by molar-refractivity contribution is -0.124. The molecule has 3 nitrogen and oxygen atoms in total. The number of carbonyl (C=O) groups is 1. The van der Waals surface area contributed by atoms with E-state index in [0.29, 0.717) is 6.54 Å². The Kier molecular flexibility index (Phi) is 7.62. The Morgan fingerprint density at radius 1 is 1.25 bits per heavy atom. The fourth-order valence-electron chi connectivity index (χ4n) is 1.51. The first-order valence-electron chi connectivity index (χ1n) is 6.16. The first kappa shape index (κ1) is 15.0. The number of hydrogen-bond acceptors (Lipinski definition) is 2. The molecule has 0 spiro atoms. The van der Waals surface area contributed by atoms with Gasteiger partial charge >= 0.3 is 0 Å². The van der Waals surface area contributed by atoms with Crippen molar-refractivity contribution in [1.29, 1.82) is 5.26 Å². The van der Waals surface area contributed by atoms with Crippen molar-refractivity contribution in [2.24, 2.45) is 17.8 Å². The fraction of sp³-hybridized carbons (Fsp3) is 0.846. The van der Waals surface area contributed by atoms with Crippen molar-refractivity contribution >= 4 is 5.91 Å². The quantitative estimate of drug-likeness (QED) is 0.676. The third kappa shape index (κ3) is 6.44. The molecule has 1 atom stereocenters. The number of unbranched alkanes of at least 4 members (excludes halogenated alkanes) is 1. The number of nitrogens with zero attached hydrogens (tertiary/aromatic N) is 1. The fourth-order valence-corrected chi connectivity index (χ4v) is 1.51. The highest BCUT2D eigenvalue weighted by molar-refractivity contribution is 5.81. The van der Waals surface area contributed by atoms with Gasteiger partial charge in [0.2, 0.25) is 5.91 Å². The highest BCUT2D eigenvalue weighted by atomic mass is 16.1. The van der Waals surface area contributed by atoms with Crippen LogP contribution < -0.4 is 5.32 Å². The average molecular weight is 224 g/mol. The summed E-state index contributed by atoms with van der Waals surface area (Å²) in [6, 6.07) is 2.05. The summed E-state index contributed by atoms with van der Waals surface area (Å²) in [5.41, 5.74) is 0. The Hall–Kier alpha value is -1.04. The molecular weight excluding hydrogens is 200 g/mol. The van der Waals surface area contributed by atoms with E-state index >= 15 is 0 Å². The van der Waals surface area contributed by atoms with Crippen LogP contribution in [0.15, 0.2) is 0 Å². The number of nitriles is 1. The molecule has 0 heterocycles. The molecule has 0 aliphatic heterocycles. The van der Waals surface area contributed by atoms with Gasteiger partial charge in [0.1, 0.15) is 5.92 Å². The Bertz CT molecular complexity index is 241. The minimum atomic E-state index is -0.509. The van der Waals surface area contributed by atoms with E-state index in [0.717, 1.165) is 18.8 Å². The molecule has 0 aromatic carbocycles. The Labute approximate surface area is 99.2 Å². The van der Waals surface area contributed by atoms with Crippen LogP contribution in [-0.4, -0.2) is 12.5 Å². The van der Waals surface area contributed by atoms with Crippen LogP contribution in [0.3, 0.4) is 0 Å². The summed E-state index contributed by atoms with van der Waals surface area (Å²) in [5.74, 6) is 0.172. The van der Waals surface area contributed by atoms with Gasteiger partial charge in [-0.1, -0.05) is 40.5 Å². The lowest BCUT2D eigenvalue weighted by Crippen LogP contribution is -2.33. The molecule has 0 aliphatic rings. The predicted molar refractivity (Wildman–Crippen MR) is 65.6 cm³/mol. The molecule has 0 saturated heterocycles. The average Bonchev–Trinajstić information content (AvgIpc) is 2.17. The predicted octanol–water partition coefficient (Wildman–Crippen LogP) is 2.72. The molecular formula is C13H24N2O. The maximum absolute atomic E-state index is 11.6. The number of nitrogens with one attached hydrogen (secondary N) is 1. The molecule has 1 N–H and O–H groups in total. The van der Waals surface area contributed by atoms with Gasteiger partial charge in [0.25, 0.3) is 0 Å². The molecule has 0 fully saturated rings. The molecule has 3 heteroatoms. The van der Waals surface area contributed by atoms with Gasteiger partial charge in [0.15, 0.2) is 0 Å². The topological polar surface area (TPSA) is 52.9 Å². The van der Waals surface area contributed by atoms with Gasteiger partial charge in [-0.2, -0.15) is 5.26 Å². The molecule has 1 unspecified atom stereocenters. The van der Waals surface area contributed by atoms with Gasteiger partial charge in [0.05, 0.1) is 6.07 Å². The van der Waals surface area contributed by atoms with Crippen molar-refractivity contribution in [2.45, 2.75) is 47.0 Å². The van der Waals surface area contributed by atoms with E-state index in [1.165, 1.54) is 6.42 Å². The van der Waals surface area contributed by atoms with Crippen LogP contribution in [0.1, 0.15) is 47.0 Å². The van der Waals surface area contributed by atoms with Gasteiger partial charge in [-0.05, 0) is 18.3 Å². The molecule has 0 rings (SSSR count). The van der Waals surface area contributed by atoms with Crippen molar-refractivity contribution in [3.63, 3.8) is 0 Å². The van der Waals surface area contributed by atoms with E-state index in [-0.39, 0.29) is 11.8 Å². The lowest BCUT2D eigenvalue weighted by Gasteiger charge is -2.13. The van der Waals surface area contributed by atoms with E-state index < -0.39 is 5.92 Å². The van der Waals surface area contributed by atoms with E-state index in [1.54, 1.807) is 0 Å². The minimum absolute atomic E-state index is 0.0839. The zero-order valence-corrected chi connectivity index (χ0v) is 10.9. The highest BCUT2D eigenvalue weighted by Gasteiger charge is 2.20. The second-order valence-electron chi connectivity index (χ2n) is 5.03. The van der Waals surface area contributed by atoms with Crippen LogP contribution in [0.25, 0.3) is 0 Å². The van der Waals surface area contributed by atoms with Crippen molar-refractivity contribution in [2.75, 3.05) is 6.54 Å². The number of carbonyl (C=O) groups excluding carboxylic acids is 1. The van der Waals surface area contributed by atoms with Crippen molar-refractivity contribution < 1.29 is 4.79 Å². The third-order valence-corrected chi connectivity index (χ3v) is 2.60. The number of amides is 1. The minimum Gasteiger partial charge on any atom is -0.355 e. The van der Waals surface area contributed by atoms with Crippen LogP contribution in [0.5, 0.6) is 0 Å². The zero-order chi connectivity index (χ0) is 12.6. The van der Waals surface area contributed by atoms with Crippen molar-refractivity contribution in [3.05, 3.63) is 0 Å². The Morgan fingerprint density at radius 3 is 2.31 bits per heavy atom. The van der Waals surface area contributed by atoms with Gasteiger partial charge in [-0.25, -0.2) is 0 Å². The van der Waals surface area contributed by atoms with Crippen LogP contribution in [0.2, 0.25) is 0 Å². The normalized spacial score (nSPS) is 12.6. The summed E-state index contributed by atoms with van der Waals surface area (Å²) in [7, 11) is 0. The number of hydrogen-bond donors (Lipinski definition) is 1. The van der Waals surface area contributed by atoms with Gasteiger partial charge < -0.3 is 5.32 Å². The van der Waals surface area contributed by atoms with E-state index in [9.17, 15) is 4.79 Å². The molecule has 0 aromatic heterocycles. The van der Waals surface area contributed by atoms with Gasteiger partial charge in [-0.3, -0.25) is 4.79 Å². The Morgan fingerprint density at radius 2 is 1.88 bits per heavy atom. The van der Waals surface area contributed by atoms with Crippen molar-refractivity contribution in [3.8, 4) is 6.07 Å². The van der Waals surface area contributed by atoms with Crippen molar-refractivity contribution in [1.82, 2.24) is 5.32 Å². The van der Waals surface area contributed by atoms with E-state index in [4.69, 9.17) is 5.26 Å². The van der Waals surface area contributed by atoms with Crippen LogP contribution in [0, 0.1) is 29.1 Å². The standard InChI is InChI=1S/C13H24N2O/c1-10(2)7-5-6-8-15-13(16)12(9-14)11(3)4/h10-12H,5-8H2,1-4H3,(H,15,16). The highest BCUT2D eigenvalue weighted by Crippen LogP contribution is 2.09. The molecule has 0 aromatic rings. The van der Waals surface area contributed by atoms with Gasteiger partial charge in [0, 0.05) is 6.54 Å². The molecule has 0 saturated carbocycles. The summed E-state index contributed by atoms with van der Waals surface area (Å²) < 4.78 is 0. The molecule has 92 valence electrons. The number of rotatable bonds is 7. The second kappa shape index (κ2) is 8.15. The maximum atomic E-state index is 11.6. The largest absolute Gasteiger partial charge is 0.355 e. The third-order valence-electron chi connectivity index (χ3n) is 2.60. The summed E-state index contributed by atoms with van der Waals surface area (Å²) >= 11 is 0. The smallest absolute Gasteiger partial charge is 0.237 e. The van der Waals surface area contributed by atoms with E-state index in [1.807, 2.05) is 19.9 Å². The summed E-state index contributed by atoms with van der Waals surface area (Å²) in [4.78, 5) is 11.6. The molecule has 0 bridgehead atoms. The SMILES string of the molecule is CC(C)CCCCNC(=O)C(C#N)C(C)C. The molecule has 0 radical (unpaired) electrons. The van der Waals surface area contributed by atoms with Crippen LogP contribution >= 0.6 is 0 Å².